The van der Waals surface area contributed by atoms with Crippen LogP contribution in [0, 0.1) is 0 Å². The first-order chi connectivity index (χ1) is 10.4. The molecule has 6 nitrogen and oxygen atoms in total. The molecule has 21 heavy (non-hydrogen) atoms. The smallest absolute Gasteiger partial charge is 0.193 e. The number of aliphatic imine (C=N–C) groups is 1. The van der Waals surface area contributed by atoms with Crippen molar-refractivity contribution in [1.29, 1.82) is 0 Å². The topological polar surface area (TPSA) is 58.3 Å². The van der Waals surface area contributed by atoms with E-state index in [1.165, 1.54) is 12.8 Å². The summed E-state index contributed by atoms with van der Waals surface area (Å²) in [6.45, 7) is 2.87. The lowest BCUT2D eigenvalue weighted by molar-refractivity contribution is 0.493. The van der Waals surface area contributed by atoms with Gasteiger partial charge >= 0.3 is 0 Å². The molecule has 0 bridgehead atoms. The SMILES string of the molecule is CN=C(NCc1cccnc1-n1ccnc1)N1CCCC1. The summed E-state index contributed by atoms with van der Waals surface area (Å²) in [6, 6.07) is 4.03. The van der Waals surface area contributed by atoms with Gasteiger partial charge in [0.25, 0.3) is 0 Å². The highest BCUT2D eigenvalue weighted by Crippen LogP contribution is 2.12. The summed E-state index contributed by atoms with van der Waals surface area (Å²) in [5, 5.41) is 3.43. The number of pyridine rings is 1. The molecule has 0 saturated carbocycles. The Labute approximate surface area is 124 Å². The van der Waals surface area contributed by atoms with Crippen molar-refractivity contribution in [1.82, 2.24) is 24.8 Å². The molecule has 2 aromatic heterocycles. The lowest BCUT2D eigenvalue weighted by atomic mass is 10.2. The monoisotopic (exact) mass is 284 g/mol. The standard InChI is InChI=1S/C15H20N6/c1-16-15(20-8-2-3-9-20)19-11-13-5-4-6-18-14(13)21-10-7-17-12-21/h4-7,10,12H,2-3,8-9,11H2,1H3,(H,16,19). The minimum absolute atomic E-state index is 0.699. The third kappa shape index (κ3) is 3.04. The quantitative estimate of drug-likeness (QED) is 0.684. The lowest BCUT2D eigenvalue weighted by Crippen LogP contribution is -2.39. The number of likely N-dealkylation sites (tertiary alicyclic amines) is 1. The largest absolute Gasteiger partial charge is 0.352 e. The van der Waals surface area contributed by atoms with Crippen LogP contribution in [0.4, 0.5) is 0 Å². The number of hydrogen-bond donors (Lipinski definition) is 1. The zero-order valence-corrected chi connectivity index (χ0v) is 12.2. The summed E-state index contributed by atoms with van der Waals surface area (Å²) in [5.41, 5.74) is 1.12. The Morgan fingerprint density at radius 1 is 1.33 bits per heavy atom. The average Bonchev–Trinajstić information content (AvgIpc) is 3.22. The van der Waals surface area contributed by atoms with E-state index in [0.717, 1.165) is 30.4 Å². The van der Waals surface area contributed by atoms with Crippen LogP contribution in [0.3, 0.4) is 0 Å². The van der Waals surface area contributed by atoms with Crippen molar-refractivity contribution in [2.45, 2.75) is 19.4 Å². The molecular weight excluding hydrogens is 264 g/mol. The fourth-order valence-electron chi connectivity index (χ4n) is 2.62. The van der Waals surface area contributed by atoms with Gasteiger partial charge in [0, 0.05) is 50.8 Å². The molecule has 0 spiro atoms. The van der Waals surface area contributed by atoms with Crippen molar-refractivity contribution >= 4 is 5.96 Å². The Morgan fingerprint density at radius 3 is 2.90 bits per heavy atom. The minimum atomic E-state index is 0.699. The van der Waals surface area contributed by atoms with E-state index in [1.54, 1.807) is 18.7 Å². The third-order valence-corrected chi connectivity index (χ3v) is 3.67. The maximum Gasteiger partial charge on any atom is 0.193 e. The van der Waals surface area contributed by atoms with Crippen LogP contribution in [0.2, 0.25) is 0 Å². The summed E-state index contributed by atoms with van der Waals surface area (Å²) in [6.07, 6.45) is 9.72. The number of guanidine groups is 1. The minimum Gasteiger partial charge on any atom is -0.352 e. The summed E-state index contributed by atoms with van der Waals surface area (Å²) in [5.74, 6) is 1.87. The van der Waals surface area contributed by atoms with Crippen LogP contribution in [0.5, 0.6) is 0 Å². The van der Waals surface area contributed by atoms with Crippen LogP contribution in [-0.4, -0.2) is 45.5 Å². The highest BCUT2D eigenvalue weighted by molar-refractivity contribution is 5.80. The maximum atomic E-state index is 4.45. The molecule has 1 aliphatic rings. The number of aromatic nitrogens is 3. The maximum absolute atomic E-state index is 4.45. The second-order valence-corrected chi connectivity index (χ2v) is 5.05. The van der Waals surface area contributed by atoms with Gasteiger partial charge in [-0.15, -0.1) is 0 Å². The van der Waals surface area contributed by atoms with Crippen LogP contribution < -0.4 is 5.32 Å². The molecule has 1 saturated heterocycles. The van der Waals surface area contributed by atoms with Crippen LogP contribution in [0.1, 0.15) is 18.4 Å². The number of rotatable bonds is 3. The first-order valence-electron chi connectivity index (χ1n) is 7.26. The highest BCUT2D eigenvalue weighted by atomic mass is 15.3. The van der Waals surface area contributed by atoms with E-state index >= 15 is 0 Å². The van der Waals surface area contributed by atoms with Gasteiger partial charge in [0.05, 0.1) is 0 Å². The molecule has 2 aromatic rings. The summed E-state index contributed by atoms with van der Waals surface area (Å²) in [4.78, 5) is 15.2. The molecule has 1 fully saturated rings. The predicted molar refractivity (Wildman–Crippen MR) is 82.4 cm³/mol. The van der Waals surface area contributed by atoms with Gasteiger partial charge in [-0.3, -0.25) is 9.56 Å². The Kier molecular flexibility index (Phi) is 4.14. The molecule has 0 unspecified atom stereocenters. The average molecular weight is 284 g/mol. The van der Waals surface area contributed by atoms with E-state index in [1.807, 2.05) is 23.9 Å². The van der Waals surface area contributed by atoms with E-state index in [0.29, 0.717) is 6.54 Å². The molecule has 110 valence electrons. The first kappa shape index (κ1) is 13.6. The van der Waals surface area contributed by atoms with Gasteiger partial charge in [0.2, 0.25) is 0 Å². The number of hydrogen-bond acceptors (Lipinski definition) is 3. The zero-order chi connectivity index (χ0) is 14.5. The summed E-state index contributed by atoms with van der Waals surface area (Å²) >= 11 is 0. The Bertz CT molecular complexity index is 598. The van der Waals surface area contributed by atoms with Crippen molar-refractivity contribution in [3.63, 3.8) is 0 Å². The van der Waals surface area contributed by atoms with Crippen molar-refractivity contribution < 1.29 is 0 Å². The summed E-state index contributed by atoms with van der Waals surface area (Å²) in [7, 11) is 1.83. The van der Waals surface area contributed by atoms with Gasteiger partial charge in [0.15, 0.2) is 5.96 Å². The third-order valence-electron chi connectivity index (χ3n) is 3.67. The Hall–Kier alpha value is -2.37. The molecule has 3 heterocycles. The van der Waals surface area contributed by atoms with Gasteiger partial charge < -0.3 is 10.2 Å². The van der Waals surface area contributed by atoms with Crippen molar-refractivity contribution in [2.75, 3.05) is 20.1 Å². The van der Waals surface area contributed by atoms with E-state index in [9.17, 15) is 0 Å². The molecule has 0 aliphatic carbocycles. The van der Waals surface area contributed by atoms with Crippen molar-refractivity contribution in [2.24, 2.45) is 4.99 Å². The van der Waals surface area contributed by atoms with Gasteiger partial charge in [-0.1, -0.05) is 6.07 Å². The molecule has 0 atom stereocenters. The molecular formula is C15H20N6. The van der Waals surface area contributed by atoms with Crippen molar-refractivity contribution in [3.8, 4) is 5.82 Å². The van der Waals surface area contributed by atoms with E-state index in [-0.39, 0.29) is 0 Å². The fourth-order valence-corrected chi connectivity index (χ4v) is 2.62. The van der Waals surface area contributed by atoms with Crippen LogP contribution >= 0.6 is 0 Å². The first-order valence-corrected chi connectivity index (χ1v) is 7.26. The molecule has 1 aliphatic heterocycles. The van der Waals surface area contributed by atoms with Crippen LogP contribution in [0.15, 0.2) is 42.0 Å². The number of nitrogens with one attached hydrogen (secondary N) is 1. The van der Waals surface area contributed by atoms with Crippen LogP contribution in [0.25, 0.3) is 5.82 Å². The lowest BCUT2D eigenvalue weighted by Gasteiger charge is -2.21. The van der Waals surface area contributed by atoms with E-state index in [4.69, 9.17) is 0 Å². The van der Waals surface area contributed by atoms with Gasteiger partial charge in [0.1, 0.15) is 12.1 Å². The Morgan fingerprint density at radius 2 is 2.19 bits per heavy atom. The molecule has 0 aromatic carbocycles. The molecule has 0 radical (unpaired) electrons. The van der Waals surface area contributed by atoms with E-state index in [2.05, 4.69) is 31.2 Å². The molecule has 0 amide bonds. The van der Waals surface area contributed by atoms with Gasteiger partial charge in [-0.2, -0.15) is 0 Å². The fraction of sp³-hybridized carbons (Fsp3) is 0.400. The van der Waals surface area contributed by atoms with Crippen molar-refractivity contribution in [3.05, 3.63) is 42.6 Å². The second-order valence-electron chi connectivity index (χ2n) is 5.05. The van der Waals surface area contributed by atoms with Crippen LogP contribution in [-0.2, 0) is 6.54 Å². The normalized spacial score (nSPS) is 15.5. The predicted octanol–water partition coefficient (Wildman–Crippen LogP) is 1.44. The molecule has 3 rings (SSSR count). The number of imidazole rings is 1. The number of nitrogens with zero attached hydrogens (tertiary/aromatic N) is 5. The highest BCUT2D eigenvalue weighted by Gasteiger charge is 2.16. The molecule has 6 heteroatoms. The zero-order valence-electron chi connectivity index (χ0n) is 12.2. The van der Waals surface area contributed by atoms with Gasteiger partial charge in [-0.05, 0) is 18.9 Å². The second kappa shape index (κ2) is 6.39. The van der Waals surface area contributed by atoms with E-state index < -0.39 is 0 Å². The van der Waals surface area contributed by atoms with Gasteiger partial charge in [-0.25, -0.2) is 9.97 Å². The Balaban J connectivity index is 1.73. The summed E-state index contributed by atoms with van der Waals surface area (Å²) < 4.78 is 1.93. The molecule has 1 N–H and O–H groups in total.